The molecule has 3 aliphatic heterocycles. The Labute approximate surface area is 201 Å². The van der Waals surface area contributed by atoms with Gasteiger partial charge in [-0.25, -0.2) is 4.79 Å². The molecule has 0 spiro atoms. The first-order valence-corrected chi connectivity index (χ1v) is 11.5. The van der Waals surface area contributed by atoms with Crippen LogP contribution in [0.5, 0.6) is 0 Å². The van der Waals surface area contributed by atoms with Gasteiger partial charge in [0.25, 0.3) is 5.91 Å². The number of fused-ring (bicyclic) bond motifs is 3. The van der Waals surface area contributed by atoms with Crippen molar-refractivity contribution in [2.24, 2.45) is 0 Å². The Kier molecular flexibility index (Phi) is 6.02. The van der Waals surface area contributed by atoms with Crippen LogP contribution in [-0.2, 0) is 23.7 Å². The van der Waals surface area contributed by atoms with Gasteiger partial charge in [-0.05, 0) is 45.9 Å². The Morgan fingerprint density at radius 1 is 1.03 bits per heavy atom. The van der Waals surface area contributed by atoms with Gasteiger partial charge in [0, 0.05) is 11.8 Å². The van der Waals surface area contributed by atoms with Crippen LogP contribution < -0.4 is 11.0 Å². The van der Waals surface area contributed by atoms with Crippen molar-refractivity contribution in [3.05, 3.63) is 58.6 Å². The van der Waals surface area contributed by atoms with E-state index in [1.165, 1.54) is 12.3 Å². The van der Waals surface area contributed by atoms with Gasteiger partial charge in [-0.2, -0.15) is 4.98 Å². The molecule has 3 fully saturated rings. The number of hydrogen-bond acceptors (Lipinski definition) is 9. The first kappa shape index (κ1) is 24.0. The Hall–Kier alpha value is -2.67. The monoisotopic (exact) mass is 487 g/mol. The van der Waals surface area contributed by atoms with Gasteiger partial charge >= 0.3 is 5.69 Å². The third kappa shape index (κ3) is 4.75. The van der Waals surface area contributed by atoms with E-state index in [-0.39, 0.29) is 12.4 Å². The number of anilines is 1. The van der Waals surface area contributed by atoms with Crippen molar-refractivity contribution in [3.63, 3.8) is 0 Å². The van der Waals surface area contributed by atoms with Crippen LogP contribution in [0.4, 0.5) is 5.82 Å². The van der Waals surface area contributed by atoms with Crippen LogP contribution in [0, 0.1) is 0 Å². The van der Waals surface area contributed by atoms with Crippen molar-refractivity contribution < 1.29 is 33.6 Å². The summed E-state index contributed by atoms with van der Waals surface area (Å²) >= 11 is 0. The molecule has 0 bridgehead atoms. The van der Waals surface area contributed by atoms with E-state index in [2.05, 4.69) is 10.3 Å². The standard InChI is InChI=1S/C24H29N3O8/c1-23(2)31-12-14-17(33-23)19-18(34-24(3,4)35-19)16(28)21(32-14)27-11-10-15(26-22(27)30)25-20(29)13-8-6-5-7-9-13/h5-11,14,16-19,21,28H,12H2,1-4H3,(H,25,26,29,30)/t14?,16?,17-,18?,19?,21-/m1/s1. The van der Waals surface area contributed by atoms with Gasteiger partial charge in [0.1, 0.15) is 36.3 Å². The summed E-state index contributed by atoms with van der Waals surface area (Å²) < 4.78 is 31.3. The van der Waals surface area contributed by atoms with E-state index in [0.717, 1.165) is 4.57 Å². The molecule has 2 aromatic rings. The average molecular weight is 488 g/mol. The first-order valence-electron chi connectivity index (χ1n) is 11.5. The zero-order valence-electron chi connectivity index (χ0n) is 19.9. The highest BCUT2D eigenvalue weighted by atomic mass is 16.8. The molecule has 11 heteroatoms. The van der Waals surface area contributed by atoms with Crippen molar-refractivity contribution in [2.45, 2.75) is 76.0 Å². The maximum Gasteiger partial charge on any atom is 0.351 e. The number of aliphatic hydroxyl groups is 1. The predicted octanol–water partition coefficient (Wildman–Crippen LogP) is 1.43. The van der Waals surface area contributed by atoms with E-state index in [1.54, 1.807) is 58.0 Å². The number of carbonyl (C=O) groups is 1. The zero-order valence-corrected chi connectivity index (χ0v) is 19.9. The van der Waals surface area contributed by atoms with Gasteiger partial charge in [-0.3, -0.25) is 9.36 Å². The molecular formula is C24H29N3O8. The molecule has 3 aliphatic rings. The molecule has 1 aromatic carbocycles. The van der Waals surface area contributed by atoms with Gasteiger partial charge in [0.15, 0.2) is 17.8 Å². The number of aliphatic hydroxyl groups excluding tert-OH is 1. The molecule has 1 aromatic heterocycles. The van der Waals surface area contributed by atoms with Crippen LogP contribution in [-0.4, -0.2) is 69.3 Å². The fourth-order valence-corrected chi connectivity index (χ4v) is 4.65. The number of ether oxygens (including phenoxy) is 5. The second-order valence-corrected chi connectivity index (χ2v) is 9.74. The van der Waals surface area contributed by atoms with Crippen molar-refractivity contribution >= 4 is 11.7 Å². The Morgan fingerprint density at radius 3 is 2.43 bits per heavy atom. The summed E-state index contributed by atoms with van der Waals surface area (Å²) in [5.74, 6) is -2.17. The maximum absolute atomic E-state index is 13.0. The summed E-state index contributed by atoms with van der Waals surface area (Å²) in [6.45, 7) is 7.24. The summed E-state index contributed by atoms with van der Waals surface area (Å²) in [5.41, 5.74) is -0.287. The molecule has 11 nitrogen and oxygen atoms in total. The molecule has 0 radical (unpaired) electrons. The van der Waals surface area contributed by atoms with Gasteiger partial charge in [-0.1, -0.05) is 18.2 Å². The second kappa shape index (κ2) is 8.77. The highest BCUT2D eigenvalue weighted by molar-refractivity contribution is 6.03. The number of amides is 1. The Balaban J connectivity index is 1.43. The summed E-state index contributed by atoms with van der Waals surface area (Å²) in [6.07, 6.45) is -3.73. The van der Waals surface area contributed by atoms with E-state index >= 15 is 0 Å². The van der Waals surface area contributed by atoms with Crippen LogP contribution in [0.2, 0.25) is 0 Å². The largest absolute Gasteiger partial charge is 0.386 e. The minimum Gasteiger partial charge on any atom is -0.386 e. The Morgan fingerprint density at radius 2 is 1.71 bits per heavy atom. The molecule has 0 aliphatic carbocycles. The number of rotatable bonds is 3. The lowest BCUT2D eigenvalue weighted by Crippen LogP contribution is -2.55. The van der Waals surface area contributed by atoms with Crippen LogP contribution in [0.3, 0.4) is 0 Å². The van der Waals surface area contributed by atoms with Gasteiger partial charge in [0.2, 0.25) is 0 Å². The number of carbonyl (C=O) groups excluding carboxylic acids is 1. The lowest BCUT2D eigenvalue weighted by molar-refractivity contribution is -0.332. The van der Waals surface area contributed by atoms with Crippen molar-refractivity contribution in [3.8, 4) is 0 Å². The zero-order chi connectivity index (χ0) is 25.0. The fourth-order valence-electron chi connectivity index (χ4n) is 4.65. The minimum absolute atomic E-state index is 0.0756. The lowest BCUT2D eigenvalue weighted by Gasteiger charge is -2.42. The molecular weight excluding hydrogens is 458 g/mol. The third-order valence-electron chi connectivity index (χ3n) is 6.19. The molecule has 4 unspecified atom stereocenters. The second-order valence-electron chi connectivity index (χ2n) is 9.74. The quantitative estimate of drug-likeness (QED) is 0.660. The summed E-state index contributed by atoms with van der Waals surface area (Å²) in [4.78, 5) is 29.4. The molecule has 3 saturated heterocycles. The van der Waals surface area contributed by atoms with Crippen LogP contribution in [0.25, 0.3) is 0 Å². The smallest absolute Gasteiger partial charge is 0.351 e. The van der Waals surface area contributed by atoms with Crippen molar-refractivity contribution in [1.82, 2.24) is 9.55 Å². The number of aromatic nitrogens is 2. The molecule has 1 amide bonds. The summed E-state index contributed by atoms with van der Waals surface area (Å²) in [5, 5.41) is 13.9. The van der Waals surface area contributed by atoms with Crippen LogP contribution in [0.15, 0.2) is 47.4 Å². The molecule has 4 heterocycles. The predicted molar refractivity (Wildman–Crippen MR) is 122 cm³/mol. The molecule has 188 valence electrons. The van der Waals surface area contributed by atoms with Crippen molar-refractivity contribution in [2.75, 3.05) is 11.9 Å². The number of hydrogen-bond donors (Lipinski definition) is 2. The SMILES string of the molecule is CC1(C)OC2C(O1)[C@@H]1OC(C)(C)OCC1O[C@@H](n1ccc(NC(=O)c3ccccc3)nc1=O)C2O. The number of nitrogens with one attached hydrogen (secondary N) is 1. The molecule has 5 rings (SSSR count). The summed E-state index contributed by atoms with van der Waals surface area (Å²) in [7, 11) is 0. The molecule has 35 heavy (non-hydrogen) atoms. The topological polar surface area (TPSA) is 130 Å². The van der Waals surface area contributed by atoms with E-state index in [1.807, 2.05) is 0 Å². The van der Waals surface area contributed by atoms with Gasteiger partial charge in [0.05, 0.1) is 6.61 Å². The van der Waals surface area contributed by atoms with E-state index in [0.29, 0.717) is 5.56 Å². The number of benzene rings is 1. The van der Waals surface area contributed by atoms with Crippen molar-refractivity contribution in [1.29, 1.82) is 0 Å². The van der Waals surface area contributed by atoms with E-state index in [9.17, 15) is 14.7 Å². The molecule has 0 saturated carbocycles. The molecule has 2 N–H and O–H groups in total. The first-order chi connectivity index (χ1) is 16.5. The summed E-state index contributed by atoms with van der Waals surface area (Å²) in [6, 6.07) is 10.0. The minimum atomic E-state index is -1.27. The fraction of sp³-hybridized carbons (Fsp3) is 0.542. The lowest BCUT2D eigenvalue weighted by atomic mass is 9.99. The normalized spacial score (nSPS) is 33.3. The van der Waals surface area contributed by atoms with Gasteiger partial charge in [-0.15, -0.1) is 0 Å². The van der Waals surface area contributed by atoms with Crippen LogP contribution in [0.1, 0.15) is 44.3 Å². The third-order valence-corrected chi connectivity index (χ3v) is 6.19. The highest BCUT2D eigenvalue weighted by Gasteiger charge is 2.58. The van der Waals surface area contributed by atoms with Gasteiger partial charge < -0.3 is 34.1 Å². The maximum atomic E-state index is 13.0. The highest BCUT2D eigenvalue weighted by Crippen LogP contribution is 2.42. The Bertz CT molecular complexity index is 1150. The van der Waals surface area contributed by atoms with E-state index < -0.39 is 59.9 Å². The number of nitrogens with zero attached hydrogens (tertiary/aromatic N) is 2. The van der Waals surface area contributed by atoms with Crippen LogP contribution >= 0.6 is 0 Å². The van der Waals surface area contributed by atoms with E-state index in [4.69, 9.17) is 23.7 Å². The molecule has 6 atom stereocenters. The average Bonchev–Trinajstić information content (AvgIpc) is 3.09.